The fraction of sp³-hybridized carbons (Fsp3) is 0.571. The predicted octanol–water partition coefficient (Wildman–Crippen LogP) is 3.91. The maximum absolute atomic E-state index is 12.5. The third-order valence-corrected chi connectivity index (χ3v) is 5.42. The van der Waals surface area contributed by atoms with E-state index in [9.17, 15) is 4.79 Å². The second-order valence-corrected chi connectivity index (χ2v) is 8.16. The lowest BCUT2D eigenvalue weighted by molar-refractivity contribution is 0.0610. The van der Waals surface area contributed by atoms with Crippen molar-refractivity contribution in [2.75, 3.05) is 20.2 Å². The molecule has 1 fully saturated rings. The number of piperidine rings is 1. The number of benzene rings is 1. The van der Waals surface area contributed by atoms with Gasteiger partial charge in [0.1, 0.15) is 5.75 Å². The number of nitrogens with zero attached hydrogens (tertiary/aromatic N) is 2. The molecular weight excluding hydrogens is 312 g/mol. The van der Waals surface area contributed by atoms with Crippen LogP contribution in [0.2, 0.25) is 0 Å². The van der Waals surface area contributed by atoms with Crippen molar-refractivity contribution in [1.82, 2.24) is 9.47 Å². The molecule has 0 aliphatic carbocycles. The van der Waals surface area contributed by atoms with Gasteiger partial charge in [-0.1, -0.05) is 27.2 Å². The largest absolute Gasteiger partial charge is 0.497 e. The Morgan fingerprint density at radius 1 is 1.12 bits per heavy atom. The number of pyridine rings is 1. The van der Waals surface area contributed by atoms with Crippen LogP contribution in [0, 0.1) is 5.41 Å². The van der Waals surface area contributed by atoms with Gasteiger partial charge in [0.2, 0.25) is 0 Å². The van der Waals surface area contributed by atoms with Crippen LogP contribution in [0.1, 0.15) is 40.0 Å². The van der Waals surface area contributed by atoms with Gasteiger partial charge in [-0.2, -0.15) is 0 Å². The second-order valence-electron chi connectivity index (χ2n) is 8.16. The highest BCUT2D eigenvalue weighted by molar-refractivity contribution is 5.80. The first-order valence-electron chi connectivity index (χ1n) is 9.32. The van der Waals surface area contributed by atoms with Crippen LogP contribution in [-0.4, -0.2) is 35.7 Å². The van der Waals surface area contributed by atoms with Gasteiger partial charge in [0.15, 0.2) is 0 Å². The van der Waals surface area contributed by atoms with E-state index in [0.717, 1.165) is 36.3 Å². The van der Waals surface area contributed by atoms with Crippen molar-refractivity contribution < 1.29 is 4.74 Å². The molecule has 1 aromatic carbocycles. The molecule has 0 radical (unpaired) electrons. The molecule has 136 valence electrons. The summed E-state index contributed by atoms with van der Waals surface area (Å²) in [5, 5.41) is 1.05. The molecule has 25 heavy (non-hydrogen) atoms. The number of aromatic nitrogens is 1. The van der Waals surface area contributed by atoms with Gasteiger partial charge >= 0.3 is 0 Å². The zero-order valence-electron chi connectivity index (χ0n) is 15.9. The molecule has 1 aromatic heterocycles. The Bertz CT molecular complexity index is 789. The maximum atomic E-state index is 12.5. The van der Waals surface area contributed by atoms with Crippen molar-refractivity contribution in [1.29, 1.82) is 0 Å². The quantitative estimate of drug-likeness (QED) is 0.845. The van der Waals surface area contributed by atoms with E-state index >= 15 is 0 Å². The number of rotatable bonds is 4. The molecule has 4 heteroatoms. The third-order valence-electron chi connectivity index (χ3n) is 5.42. The molecule has 1 unspecified atom stereocenters. The molecule has 2 aromatic rings. The van der Waals surface area contributed by atoms with Crippen LogP contribution in [0.4, 0.5) is 0 Å². The SMILES string of the molecule is COc1ccc2c(ccc(=O)n2CCN2CCCCC2C(C)(C)C)c1. The predicted molar refractivity (Wildman–Crippen MR) is 103 cm³/mol. The van der Waals surface area contributed by atoms with Gasteiger partial charge in [-0.15, -0.1) is 0 Å². The fourth-order valence-electron chi connectivity index (χ4n) is 4.11. The molecule has 0 saturated carbocycles. The van der Waals surface area contributed by atoms with E-state index in [-0.39, 0.29) is 11.0 Å². The first kappa shape index (κ1) is 18.0. The normalized spacial score (nSPS) is 19.3. The number of fused-ring (bicyclic) bond motifs is 1. The van der Waals surface area contributed by atoms with E-state index in [1.165, 1.54) is 19.3 Å². The molecule has 0 N–H and O–H groups in total. The van der Waals surface area contributed by atoms with Gasteiger partial charge in [-0.05, 0) is 49.1 Å². The van der Waals surface area contributed by atoms with E-state index in [4.69, 9.17) is 4.74 Å². The van der Waals surface area contributed by atoms with Crippen molar-refractivity contribution in [3.63, 3.8) is 0 Å². The number of methoxy groups -OCH3 is 1. The average molecular weight is 342 g/mol. The van der Waals surface area contributed by atoms with E-state index < -0.39 is 0 Å². The summed E-state index contributed by atoms with van der Waals surface area (Å²) in [7, 11) is 1.67. The van der Waals surface area contributed by atoms with Crippen LogP contribution < -0.4 is 10.3 Å². The third kappa shape index (κ3) is 3.90. The molecular formula is C21H30N2O2. The molecule has 4 nitrogen and oxygen atoms in total. The molecule has 0 bridgehead atoms. The standard InChI is InChI=1S/C21H30N2O2/c1-21(2,3)19-7-5-6-12-22(19)13-14-23-18-10-9-17(25-4)15-16(18)8-11-20(23)24/h8-11,15,19H,5-7,12-14H2,1-4H3. The van der Waals surface area contributed by atoms with E-state index in [1.807, 2.05) is 28.8 Å². The Kier molecular flexibility index (Phi) is 5.19. The van der Waals surface area contributed by atoms with Gasteiger partial charge in [-0.25, -0.2) is 0 Å². The lowest BCUT2D eigenvalue weighted by Gasteiger charge is -2.43. The molecule has 1 aliphatic rings. The summed E-state index contributed by atoms with van der Waals surface area (Å²) in [6.07, 6.45) is 3.83. The summed E-state index contributed by atoms with van der Waals surface area (Å²) < 4.78 is 7.21. The number of hydrogen-bond donors (Lipinski definition) is 0. The molecule has 1 aliphatic heterocycles. The number of hydrogen-bond acceptors (Lipinski definition) is 3. The second kappa shape index (κ2) is 7.20. The summed E-state index contributed by atoms with van der Waals surface area (Å²) in [5.74, 6) is 0.821. The summed E-state index contributed by atoms with van der Waals surface area (Å²) in [5.41, 5.74) is 1.33. The smallest absolute Gasteiger partial charge is 0.251 e. The average Bonchev–Trinajstić information content (AvgIpc) is 2.60. The minimum atomic E-state index is 0.0713. The lowest BCUT2D eigenvalue weighted by Crippen LogP contribution is -2.48. The summed E-state index contributed by atoms with van der Waals surface area (Å²) in [6.45, 7) is 9.77. The summed E-state index contributed by atoms with van der Waals surface area (Å²) in [6, 6.07) is 10.1. The van der Waals surface area contributed by atoms with Crippen molar-refractivity contribution >= 4 is 10.9 Å². The van der Waals surface area contributed by atoms with Gasteiger partial charge in [0.25, 0.3) is 5.56 Å². The maximum Gasteiger partial charge on any atom is 0.251 e. The van der Waals surface area contributed by atoms with Crippen LogP contribution in [0.3, 0.4) is 0 Å². The number of likely N-dealkylation sites (tertiary alicyclic amines) is 1. The molecule has 1 saturated heterocycles. The minimum Gasteiger partial charge on any atom is -0.497 e. The van der Waals surface area contributed by atoms with Crippen LogP contribution in [0.5, 0.6) is 5.75 Å². The van der Waals surface area contributed by atoms with E-state index in [1.54, 1.807) is 13.2 Å². The first-order valence-corrected chi connectivity index (χ1v) is 9.32. The zero-order chi connectivity index (χ0) is 18.0. The molecule has 0 spiro atoms. The Hall–Kier alpha value is -1.81. The lowest BCUT2D eigenvalue weighted by atomic mass is 9.80. The molecule has 0 amide bonds. The highest BCUT2D eigenvalue weighted by Gasteiger charge is 2.31. The van der Waals surface area contributed by atoms with Crippen LogP contribution in [0.25, 0.3) is 10.9 Å². The van der Waals surface area contributed by atoms with Gasteiger partial charge < -0.3 is 9.30 Å². The molecule has 1 atom stereocenters. The summed E-state index contributed by atoms with van der Waals surface area (Å²) in [4.78, 5) is 15.0. The fourth-order valence-corrected chi connectivity index (χ4v) is 4.11. The highest BCUT2D eigenvalue weighted by atomic mass is 16.5. The Morgan fingerprint density at radius 3 is 2.64 bits per heavy atom. The minimum absolute atomic E-state index is 0.0713. The number of ether oxygens (including phenoxy) is 1. The Labute approximate surface area is 150 Å². The van der Waals surface area contributed by atoms with Crippen molar-refractivity contribution in [2.24, 2.45) is 5.41 Å². The van der Waals surface area contributed by atoms with Gasteiger partial charge in [0, 0.05) is 30.6 Å². The van der Waals surface area contributed by atoms with Crippen molar-refractivity contribution in [2.45, 2.75) is 52.6 Å². The molecule has 2 heterocycles. The topological polar surface area (TPSA) is 34.5 Å². The Balaban J connectivity index is 1.85. The van der Waals surface area contributed by atoms with Gasteiger partial charge in [0.05, 0.1) is 12.6 Å². The monoisotopic (exact) mass is 342 g/mol. The Morgan fingerprint density at radius 2 is 1.92 bits per heavy atom. The first-order chi connectivity index (χ1) is 11.9. The van der Waals surface area contributed by atoms with Crippen LogP contribution in [-0.2, 0) is 6.54 Å². The highest BCUT2D eigenvalue weighted by Crippen LogP contribution is 2.31. The zero-order valence-corrected chi connectivity index (χ0v) is 15.9. The van der Waals surface area contributed by atoms with E-state index in [0.29, 0.717) is 6.04 Å². The van der Waals surface area contributed by atoms with Crippen molar-refractivity contribution in [3.8, 4) is 5.75 Å². The van der Waals surface area contributed by atoms with Crippen molar-refractivity contribution in [3.05, 3.63) is 40.7 Å². The van der Waals surface area contributed by atoms with Crippen LogP contribution >= 0.6 is 0 Å². The van der Waals surface area contributed by atoms with E-state index in [2.05, 4.69) is 25.7 Å². The van der Waals surface area contributed by atoms with Crippen LogP contribution in [0.15, 0.2) is 35.1 Å². The molecule has 3 rings (SSSR count). The summed E-state index contributed by atoms with van der Waals surface area (Å²) >= 11 is 0. The van der Waals surface area contributed by atoms with Gasteiger partial charge in [-0.3, -0.25) is 9.69 Å².